The highest BCUT2D eigenvalue weighted by Crippen LogP contribution is 2.25. The molecule has 0 aromatic heterocycles. The summed E-state index contributed by atoms with van der Waals surface area (Å²) in [6.07, 6.45) is 7.46. The van der Waals surface area contributed by atoms with Gasteiger partial charge in [0, 0.05) is 20.9 Å². The van der Waals surface area contributed by atoms with E-state index in [0.717, 1.165) is 34.1 Å². The third-order valence-electron chi connectivity index (χ3n) is 4.11. The second-order valence-corrected chi connectivity index (χ2v) is 8.30. The Balaban J connectivity index is 1.99. The lowest BCUT2D eigenvalue weighted by molar-refractivity contribution is -0.123. The molecule has 1 aromatic carbocycles. The van der Waals surface area contributed by atoms with E-state index in [-0.39, 0.29) is 11.2 Å². The van der Waals surface area contributed by atoms with Gasteiger partial charge in [-0.3, -0.25) is 4.79 Å². The SMILES string of the molecule is CC(C)(CN1CCCCC1)C(=O)/C=C/c1ccc(Br)c(Br)c1. The molecule has 1 aliphatic rings. The van der Waals surface area contributed by atoms with Crippen LogP contribution in [0.15, 0.2) is 33.2 Å². The molecule has 1 aliphatic heterocycles. The molecule has 1 aromatic rings. The fraction of sp³-hybridized carbons (Fsp3) is 0.500. The van der Waals surface area contributed by atoms with E-state index in [9.17, 15) is 4.79 Å². The third kappa shape index (κ3) is 5.04. The summed E-state index contributed by atoms with van der Waals surface area (Å²) in [6.45, 7) is 7.19. The number of ketones is 1. The van der Waals surface area contributed by atoms with E-state index in [1.165, 1.54) is 19.3 Å². The first-order chi connectivity index (χ1) is 10.4. The Morgan fingerprint density at radius 1 is 1.18 bits per heavy atom. The maximum atomic E-state index is 12.5. The molecule has 2 nitrogen and oxygen atoms in total. The molecule has 0 bridgehead atoms. The number of carbonyl (C=O) groups is 1. The standard InChI is InChI=1S/C18H23Br2NO/c1-18(2,13-21-10-4-3-5-11-21)17(22)9-7-14-6-8-15(19)16(20)12-14/h6-9,12H,3-5,10-11,13H2,1-2H3/b9-7+. The number of carbonyl (C=O) groups excluding carboxylic acids is 1. The van der Waals surface area contributed by atoms with E-state index < -0.39 is 0 Å². The lowest BCUT2D eigenvalue weighted by atomic mass is 9.86. The van der Waals surface area contributed by atoms with E-state index in [1.807, 2.05) is 38.1 Å². The molecular weight excluding hydrogens is 406 g/mol. The highest BCUT2D eigenvalue weighted by atomic mass is 79.9. The summed E-state index contributed by atoms with van der Waals surface area (Å²) in [4.78, 5) is 15.0. The van der Waals surface area contributed by atoms with Gasteiger partial charge in [-0.2, -0.15) is 0 Å². The Bertz CT molecular complexity index is 560. The Morgan fingerprint density at radius 3 is 2.50 bits per heavy atom. The zero-order valence-corrected chi connectivity index (χ0v) is 16.4. The Labute approximate surface area is 150 Å². The molecule has 1 saturated heterocycles. The van der Waals surface area contributed by atoms with Crippen LogP contribution in [0.1, 0.15) is 38.7 Å². The molecular formula is C18H23Br2NO. The van der Waals surface area contributed by atoms with Gasteiger partial charge >= 0.3 is 0 Å². The van der Waals surface area contributed by atoms with Crippen molar-refractivity contribution in [3.05, 3.63) is 38.8 Å². The van der Waals surface area contributed by atoms with Crippen molar-refractivity contribution in [3.63, 3.8) is 0 Å². The van der Waals surface area contributed by atoms with Crippen molar-refractivity contribution < 1.29 is 4.79 Å². The number of hydrogen-bond acceptors (Lipinski definition) is 2. The highest BCUT2D eigenvalue weighted by molar-refractivity contribution is 9.13. The van der Waals surface area contributed by atoms with Gasteiger partial charge < -0.3 is 4.90 Å². The fourth-order valence-electron chi connectivity index (χ4n) is 2.77. The first-order valence-electron chi connectivity index (χ1n) is 7.78. The van der Waals surface area contributed by atoms with Crippen LogP contribution in [0.3, 0.4) is 0 Å². The molecule has 0 spiro atoms. The van der Waals surface area contributed by atoms with Crippen LogP contribution in [0.2, 0.25) is 0 Å². The molecule has 0 radical (unpaired) electrons. The summed E-state index contributed by atoms with van der Waals surface area (Å²) >= 11 is 6.94. The quantitative estimate of drug-likeness (QED) is 0.592. The third-order valence-corrected chi connectivity index (χ3v) is 5.99. The topological polar surface area (TPSA) is 20.3 Å². The minimum Gasteiger partial charge on any atom is -0.302 e. The van der Waals surface area contributed by atoms with Crippen molar-refractivity contribution >= 4 is 43.7 Å². The highest BCUT2D eigenvalue weighted by Gasteiger charge is 2.28. The van der Waals surface area contributed by atoms with E-state index in [2.05, 4.69) is 36.8 Å². The molecule has 4 heteroatoms. The van der Waals surface area contributed by atoms with Crippen LogP contribution in [-0.2, 0) is 4.79 Å². The summed E-state index contributed by atoms with van der Waals surface area (Å²) in [5.74, 6) is 0.192. The summed E-state index contributed by atoms with van der Waals surface area (Å²) in [7, 11) is 0. The van der Waals surface area contributed by atoms with Crippen molar-refractivity contribution in [2.75, 3.05) is 19.6 Å². The lowest BCUT2D eigenvalue weighted by Crippen LogP contribution is -2.41. The smallest absolute Gasteiger partial charge is 0.162 e. The van der Waals surface area contributed by atoms with Crippen molar-refractivity contribution in [2.45, 2.75) is 33.1 Å². The van der Waals surface area contributed by atoms with Crippen molar-refractivity contribution in [1.29, 1.82) is 0 Å². The molecule has 2 rings (SSSR count). The Morgan fingerprint density at radius 2 is 1.86 bits per heavy atom. The van der Waals surface area contributed by atoms with Gasteiger partial charge in [0.2, 0.25) is 0 Å². The Hall–Kier alpha value is -0.450. The van der Waals surface area contributed by atoms with Gasteiger partial charge in [-0.05, 0) is 81.6 Å². The molecule has 0 N–H and O–H groups in total. The van der Waals surface area contributed by atoms with Crippen LogP contribution >= 0.6 is 31.9 Å². The van der Waals surface area contributed by atoms with Crippen LogP contribution in [0.25, 0.3) is 6.08 Å². The average molecular weight is 429 g/mol. The van der Waals surface area contributed by atoms with Gasteiger partial charge in [0.25, 0.3) is 0 Å². The van der Waals surface area contributed by atoms with Crippen molar-refractivity contribution in [2.24, 2.45) is 5.41 Å². The maximum Gasteiger partial charge on any atom is 0.162 e. The van der Waals surface area contributed by atoms with Crippen LogP contribution in [0.5, 0.6) is 0 Å². The first-order valence-corrected chi connectivity index (χ1v) is 9.37. The summed E-state index contributed by atoms with van der Waals surface area (Å²) in [5, 5.41) is 0. The number of nitrogens with zero attached hydrogens (tertiary/aromatic N) is 1. The average Bonchev–Trinajstić information content (AvgIpc) is 2.48. The Kier molecular flexibility index (Phi) is 6.42. The molecule has 0 saturated carbocycles. The van der Waals surface area contributed by atoms with Gasteiger partial charge in [-0.15, -0.1) is 0 Å². The van der Waals surface area contributed by atoms with Gasteiger partial charge in [0.05, 0.1) is 0 Å². The normalized spacial score (nSPS) is 17.1. The number of piperidine rings is 1. The number of halogens is 2. The zero-order chi connectivity index (χ0) is 16.2. The number of rotatable bonds is 5. The van der Waals surface area contributed by atoms with Crippen LogP contribution in [-0.4, -0.2) is 30.3 Å². The number of benzene rings is 1. The number of likely N-dealkylation sites (tertiary alicyclic amines) is 1. The molecule has 0 amide bonds. The van der Waals surface area contributed by atoms with E-state index >= 15 is 0 Å². The zero-order valence-electron chi connectivity index (χ0n) is 13.2. The second kappa shape index (κ2) is 7.89. The van der Waals surface area contributed by atoms with Crippen LogP contribution in [0.4, 0.5) is 0 Å². The predicted molar refractivity (Wildman–Crippen MR) is 100.0 cm³/mol. The molecule has 0 unspecified atom stereocenters. The lowest BCUT2D eigenvalue weighted by Gasteiger charge is -2.33. The minimum absolute atomic E-state index is 0.192. The first kappa shape index (κ1) is 17.9. The summed E-state index contributed by atoms with van der Waals surface area (Å²) < 4.78 is 2.01. The molecule has 1 heterocycles. The van der Waals surface area contributed by atoms with Crippen LogP contribution < -0.4 is 0 Å². The van der Waals surface area contributed by atoms with Crippen molar-refractivity contribution in [3.8, 4) is 0 Å². The summed E-state index contributed by atoms with van der Waals surface area (Å²) in [5.41, 5.74) is 0.692. The minimum atomic E-state index is -0.333. The van der Waals surface area contributed by atoms with E-state index in [0.29, 0.717) is 0 Å². The molecule has 1 fully saturated rings. The van der Waals surface area contributed by atoms with Crippen molar-refractivity contribution in [1.82, 2.24) is 4.90 Å². The van der Waals surface area contributed by atoms with Crippen LogP contribution in [0, 0.1) is 5.41 Å². The molecule has 0 atom stereocenters. The van der Waals surface area contributed by atoms with Gasteiger partial charge in [-0.25, -0.2) is 0 Å². The molecule has 22 heavy (non-hydrogen) atoms. The van der Waals surface area contributed by atoms with Gasteiger partial charge in [0.15, 0.2) is 5.78 Å². The second-order valence-electron chi connectivity index (χ2n) is 6.59. The monoisotopic (exact) mass is 427 g/mol. The maximum absolute atomic E-state index is 12.5. The summed E-state index contributed by atoms with van der Waals surface area (Å²) in [6, 6.07) is 5.98. The molecule has 120 valence electrons. The van der Waals surface area contributed by atoms with Gasteiger partial charge in [-0.1, -0.05) is 32.4 Å². The number of hydrogen-bond donors (Lipinski definition) is 0. The largest absolute Gasteiger partial charge is 0.302 e. The van der Waals surface area contributed by atoms with E-state index in [4.69, 9.17) is 0 Å². The predicted octanol–water partition coefficient (Wildman–Crippen LogP) is 5.31. The molecule has 0 aliphatic carbocycles. The van der Waals surface area contributed by atoms with E-state index in [1.54, 1.807) is 6.08 Å². The van der Waals surface area contributed by atoms with Gasteiger partial charge in [0.1, 0.15) is 0 Å². The number of allylic oxidation sites excluding steroid dienone is 1. The fourth-order valence-corrected chi connectivity index (χ4v) is 3.41.